The molecule has 2 aromatic carbocycles. The van der Waals surface area contributed by atoms with E-state index in [0.29, 0.717) is 20.6 Å². The Morgan fingerprint density at radius 3 is 2.28 bits per heavy atom. The highest BCUT2D eigenvalue weighted by Crippen LogP contribution is 2.24. The van der Waals surface area contributed by atoms with Crippen LogP contribution < -0.4 is 5.32 Å². The van der Waals surface area contributed by atoms with Gasteiger partial charge in [0.1, 0.15) is 6.04 Å². The van der Waals surface area contributed by atoms with Crippen LogP contribution in [0.15, 0.2) is 42.5 Å². The molecular formula is C22H25Cl3N2O2. The van der Waals surface area contributed by atoms with Gasteiger partial charge in [0.05, 0.1) is 6.42 Å². The normalized spacial score (nSPS) is 12.4. The Morgan fingerprint density at radius 2 is 1.69 bits per heavy atom. The van der Waals surface area contributed by atoms with E-state index in [1.807, 2.05) is 26.8 Å². The van der Waals surface area contributed by atoms with Gasteiger partial charge in [-0.05, 0) is 63.1 Å². The van der Waals surface area contributed by atoms with Crippen molar-refractivity contribution in [3.63, 3.8) is 0 Å². The monoisotopic (exact) mass is 454 g/mol. The van der Waals surface area contributed by atoms with Crippen molar-refractivity contribution in [2.45, 2.75) is 52.2 Å². The number of rotatable bonds is 6. The zero-order valence-corrected chi connectivity index (χ0v) is 19.2. The number of nitrogens with one attached hydrogen (secondary N) is 1. The molecule has 0 saturated carbocycles. The Bertz CT molecular complexity index is 894. The summed E-state index contributed by atoms with van der Waals surface area (Å²) in [5.41, 5.74) is 1.08. The maximum Gasteiger partial charge on any atom is 0.242 e. The molecule has 0 aromatic heterocycles. The van der Waals surface area contributed by atoms with Crippen LogP contribution in [-0.2, 0) is 22.6 Å². The van der Waals surface area contributed by atoms with Gasteiger partial charge in [0.15, 0.2) is 0 Å². The average Bonchev–Trinajstić information content (AvgIpc) is 2.59. The number of carbonyl (C=O) groups is 2. The van der Waals surface area contributed by atoms with Gasteiger partial charge in [0.2, 0.25) is 11.8 Å². The first-order valence-corrected chi connectivity index (χ1v) is 10.4. The number of benzene rings is 2. The fourth-order valence-corrected chi connectivity index (χ4v) is 3.49. The van der Waals surface area contributed by atoms with E-state index in [4.69, 9.17) is 34.8 Å². The lowest BCUT2D eigenvalue weighted by atomic mass is 10.1. The lowest BCUT2D eigenvalue weighted by Crippen LogP contribution is -2.52. The summed E-state index contributed by atoms with van der Waals surface area (Å²) in [4.78, 5) is 27.4. The largest absolute Gasteiger partial charge is 0.350 e. The Kier molecular flexibility index (Phi) is 7.98. The standard InChI is InChI=1S/C22H25Cl3N2O2/c1-14(21(29)26-22(2,3)4)27(13-16-8-9-18(24)12-19(16)25)20(28)11-15-6-5-7-17(23)10-15/h5-10,12,14H,11,13H2,1-4H3,(H,26,29)/t14-/m0/s1. The van der Waals surface area contributed by atoms with Crippen molar-refractivity contribution in [3.8, 4) is 0 Å². The number of amides is 2. The molecule has 1 N–H and O–H groups in total. The van der Waals surface area contributed by atoms with Crippen molar-refractivity contribution in [1.29, 1.82) is 0 Å². The van der Waals surface area contributed by atoms with Crippen molar-refractivity contribution in [2.75, 3.05) is 0 Å². The molecule has 156 valence electrons. The van der Waals surface area contributed by atoms with Crippen LogP contribution in [0.4, 0.5) is 0 Å². The van der Waals surface area contributed by atoms with Gasteiger partial charge in [-0.2, -0.15) is 0 Å². The molecule has 2 rings (SSSR count). The number of hydrogen-bond acceptors (Lipinski definition) is 2. The number of carbonyl (C=O) groups excluding carboxylic acids is 2. The van der Waals surface area contributed by atoms with E-state index >= 15 is 0 Å². The summed E-state index contributed by atoms with van der Waals surface area (Å²) >= 11 is 18.3. The first-order chi connectivity index (χ1) is 13.5. The molecule has 29 heavy (non-hydrogen) atoms. The molecule has 0 bridgehead atoms. The molecule has 0 aliphatic heterocycles. The molecule has 4 nitrogen and oxygen atoms in total. The predicted octanol–water partition coefficient (Wildman–Crippen LogP) is 5.52. The topological polar surface area (TPSA) is 49.4 Å². The summed E-state index contributed by atoms with van der Waals surface area (Å²) in [6.45, 7) is 7.58. The summed E-state index contributed by atoms with van der Waals surface area (Å²) in [7, 11) is 0. The smallest absolute Gasteiger partial charge is 0.242 e. The van der Waals surface area contributed by atoms with Gasteiger partial charge < -0.3 is 10.2 Å². The summed E-state index contributed by atoms with van der Waals surface area (Å²) in [5.74, 6) is -0.433. The van der Waals surface area contributed by atoms with Crippen LogP contribution in [0.2, 0.25) is 15.1 Å². The van der Waals surface area contributed by atoms with Gasteiger partial charge in [0.25, 0.3) is 0 Å². The highest BCUT2D eigenvalue weighted by molar-refractivity contribution is 6.35. The maximum absolute atomic E-state index is 13.2. The van der Waals surface area contributed by atoms with Crippen LogP contribution in [0.25, 0.3) is 0 Å². The Hall–Kier alpha value is -1.75. The van der Waals surface area contributed by atoms with Crippen LogP contribution in [0.1, 0.15) is 38.8 Å². The van der Waals surface area contributed by atoms with E-state index in [-0.39, 0.29) is 24.8 Å². The molecule has 0 unspecified atom stereocenters. The van der Waals surface area contributed by atoms with E-state index < -0.39 is 11.6 Å². The van der Waals surface area contributed by atoms with E-state index in [0.717, 1.165) is 5.56 Å². The highest BCUT2D eigenvalue weighted by Gasteiger charge is 2.28. The molecule has 0 aliphatic carbocycles. The van der Waals surface area contributed by atoms with Crippen LogP contribution >= 0.6 is 34.8 Å². The van der Waals surface area contributed by atoms with E-state index in [2.05, 4.69) is 5.32 Å². The number of nitrogens with zero attached hydrogens (tertiary/aromatic N) is 1. The molecular weight excluding hydrogens is 431 g/mol. The van der Waals surface area contributed by atoms with Crippen LogP contribution in [-0.4, -0.2) is 28.3 Å². The van der Waals surface area contributed by atoms with Crippen LogP contribution in [0.5, 0.6) is 0 Å². The van der Waals surface area contributed by atoms with E-state index in [9.17, 15) is 9.59 Å². The van der Waals surface area contributed by atoms with Crippen LogP contribution in [0, 0.1) is 0 Å². The third-order valence-corrected chi connectivity index (χ3v) is 5.09. The zero-order valence-electron chi connectivity index (χ0n) is 16.9. The van der Waals surface area contributed by atoms with Gasteiger partial charge in [-0.15, -0.1) is 0 Å². The fraction of sp³-hybridized carbons (Fsp3) is 0.364. The second-order valence-electron chi connectivity index (χ2n) is 7.98. The summed E-state index contributed by atoms with van der Waals surface area (Å²) in [6.07, 6.45) is 0.124. The zero-order chi connectivity index (χ0) is 21.8. The predicted molar refractivity (Wildman–Crippen MR) is 120 cm³/mol. The lowest BCUT2D eigenvalue weighted by Gasteiger charge is -2.31. The molecule has 2 aromatic rings. The minimum Gasteiger partial charge on any atom is -0.350 e. The summed E-state index contributed by atoms with van der Waals surface area (Å²) in [5, 5.41) is 4.44. The first-order valence-electron chi connectivity index (χ1n) is 9.26. The Balaban J connectivity index is 2.30. The van der Waals surface area contributed by atoms with Gasteiger partial charge in [-0.3, -0.25) is 9.59 Å². The van der Waals surface area contributed by atoms with E-state index in [1.54, 1.807) is 43.3 Å². The maximum atomic E-state index is 13.2. The van der Waals surface area contributed by atoms with Crippen molar-refractivity contribution < 1.29 is 9.59 Å². The number of halogens is 3. The van der Waals surface area contributed by atoms with Crippen molar-refractivity contribution in [3.05, 3.63) is 68.7 Å². The minimum absolute atomic E-state index is 0.124. The van der Waals surface area contributed by atoms with Gasteiger partial charge in [0, 0.05) is 27.2 Å². The Morgan fingerprint density at radius 1 is 1.03 bits per heavy atom. The summed E-state index contributed by atoms with van der Waals surface area (Å²) in [6, 6.07) is 11.5. The third kappa shape index (κ3) is 7.22. The van der Waals surface area contributed by atoms with Gasteiger partial charge in [-0.1, -0.05) is 53.0 Å². The molecule has 0 spiro atoms. The Labute approximate surface area is 187 Å². The SMILES string of the molecule is C[C@@H](C(=O)NC(C)(C)C)N(Cc1ccc(Cl)cc1Cl)C(=O)Cc1cccc(Cl)c1. The second-order valence-corrected chi connectivity index (χ2v) is 9.26. The molecule has 0 saturated heterocycles. The molecule has 0 radical (unpaired) electrons. The second kappa shape index (κ2) is 9.84. The van der Waals surface area contributed by atoms with Crippen LogP contribution in [0.3, 0.4) is 0 Å². The van der Waals surface area contributed by atoms with E-state index in [1.165, 1.54) is 4.90 Å². The van der Waals surface area contributed by atoms with Gasteiger partial charge in [-0.25, -0.2) is 0 Å². The van der Waals surface area contributed by atoms with Gasteiger partial charge >= 0.3 is 0 Å². The molecule has 7 heteroatoms. The summed E-state index contributed by atoms with van der Waals surface area (Å²) < 4.78 is 0. The minimum atomic E-state index is -0.687. The lowest BCUT2D eigenvalue weighted by molar-refractivity contribution is -0.140. The highest BCUT2D eigenvalue weighted by atomic mass is 35.5. The molecule has 0 fully saturated rings. The number of hydrogen-bond donors (Lipinski definition) is 1. The molecule has 0 aliphatic rings. The molecule has 1 atom stereocenters. The van der Waals surface area contributed by atoms with Crippen molar-refractivity contribution >= 4 is 46.6 Å². The third-order valence-electron chi connectivity index (χ3n) is 4.27. The first kappa shape index (κ1) is 23.5. The fourth-order valence-electron chi connectivity index (χ4n) is 2.81. The van der Waals surface area contributed by atoms with Crippen molar-refractivity contribution in [2.24, 2.45) is 0 Å². The molecule has 0 heterocycles. The quantitative estimate of drug-likeness (QED) is 0.623. The molecule has 2 amide bonds. The average molecular weight is 456 g/mol. The van der Waals surface area contributed by atoms with Crippen molar-refractivity contribution in [1.82, 2.24) is 10.2 Å².